The van der Waals surface area contributed by atoms with E-state index in [9.17, 15) is 0 Å². The third-order valence-corrected chi connectivity index (χ3v) is 3.00. The second-order valence-electron chi connectivity index (χ2n) is 3.64. The smallest absolute Gasteiger partial charge is 0.170 e. The van der Waals surface area contributed by atoms with Crippen LogP contribution in [0.3, 0.4) is 0 Å². The van der Waals surface area contributed by atoms with Crippen LogP contribution in [-0.2, 0) is 6.54 Å². The molecule has 0 atom stereocenters. The van der Waals surface area contributed by atoms with Crippen molar-refractivity contribution < 1.29 is 0 Å². The number of hydrogen-bond donors (Lipinski definition) is 1. The molecule has 0 saturated heterocycles. The minimum absolute atomic E-state index is 0.669. The van der Waals surface area contributed by atoms with Gasteiger partial charge >= 0.3 is 0 Å². The van der Waals surface area contributed by atoms with Gasteiger partial charge in [-0.15, -0.1) is 5.10 Å². The molecule has 2 aromatic rings. The Balaban J connectivity index is 2.22. The van der Waals surface area contributed by atoms with Crippen molar-refractivity contribution in [1.29, 1.82) is 0 Å². The lowest BCUT2D eigenvalue weighted by molar-refractivity contribution is 0.632. The molecular formula is C11H14BrN5. The molecule has 0 aliphatic carbocycles. The molecule has 1 aromatic heterocycles. The summed E-state index contributed by atoms with van der Waals surface area (Å²) in [5.41, 5.74) is 0.950. The maximum atomic E-state index is 4.02. The quantitative estimate of drug-likeness (QED) is 0.857. The Labute approximate surface area is 108 Å². The molecule has 0 radical (unpaired) electrons. The van der Waals surface area contributed by atoms with E-state index in [-0.39, 0.29) is 0 Å². The molecule has 0 unspecified atom stereocenters. The summed E-state index contributed by atoms with van der Waals surface area (Å²) >= 11 is 3.50. The summed E-state index contributed by atoms with van der Waals surface area (Å²) in [6.07, 6.45) is 1.09. The third kappa shape index (κ3) is 2.89. The van der Waals surface area contributed by atoms with Crippen molar-refractivity contribution in [3.8, 4) is 5.69 Å². The Morgan fingerprint density at radius 1 is 1.35 bits per heavy atom. The van der Waals surface area contributed by atoms with E-state index in [2.05, 4.69) is 43.7 Å². The largest absolute Gasteiger partial charge is 0.310 e. The highest BCUT2D eigenvalue weighted by atomic mass is 79.9. The number of tetrazole rings is 1. The summed E-state index contributed by atoms with van der Waals surface area (Å²) in [6.45, 7) is 3.76. The molecule has 1 N–H and O–H groups in total. The van der Waals surface area contributed by atoms with E-state index in [1.54, 1.807) is 4.68 Å². The van der Waals surface area contributed by atoms with Gasteiger partial charge in [-0.25, -0.2) is 0 Å². The van der Waals surface area contributed by atoms with Crippen molar-refractivity contribution in [3.63, 3.8) is 0 Å². The zero-order chi connectivity index (χ0) is 12.1. The minimum Gasteiger partial charge on any atom is -0.310 e. The first-order valence-corrected chi connectivity index (χ1v) is 6.35. The molecule has 90 valence electrons. The highest BCUT2D eigenvalue weighted by molar-refractivity contribution is 9.10. The highest BCUT2D eigenvalue weighted by Crippen LogP contribution is 2.19. The third-order valence-electron chi connectivity index (χ3n) is 2.32. The fourth-order valence-corrected chi connectivity index (χ4v) is 1.96. The molecule has 5 nitrogen and oxygen atoms in total. The molecule has 0 fully saturated rings. The maximum Gasteiger partial charge on any atom is 0.170 e. The Morgan fingerprint density at radius 2 is 2.18 bits per heavy atom. The van der Waals surface area contributed by atoms with Gasteiger partial charge in [0.25, 0.3) is 0 Å². The SMILES string of the molecule is CCCNCc1nnnn1-c1ccccc1Br. The van der Waals surface area contributed by atoms with Crippen LogP contribution < -0.4 is 5.32 Å². The summed E-state index contributed by atoms with van der Waals surface area (Å²) in [4.78, 5) is 0. The summed E-state index contributed by atoms with van der Waals surface area (Å²) in [6, 6.07) is 7.88. The van der Waals surface area contributed by atoms with Gasteiger partial charge in [-0.1, -0.05) is 19.1 Å². The number of rotatable bonds is 5. The van der Waals surface area contributed by atoms with Crippen LogP contribution in [0.25, 0.3) is 5.69 Å². The van der Waals surface area contributed by atoms with E-state index in [0.717, 1.165) is 29.0 Å². The zero-order valence-corrected chi connectivity index (χ0v) is 11.2. The fraction of sp³-hybridized carbons (Fsp3) is 0.364. The van der Waals surface area contributed by atoms with Crippen molar-refractivity contribution in [3.05, 3.63) is 34.6 Å². The molecular weight excluding hydrogens is 282 g/mol. The number of halogens is 1. The predicted molar refractivity (Wildman–Crippen MR) is 68.9 cm³/mol. The van der Waals surface area contributed by atoms with Gasteiger partial charge < -0.3 is 5.32 Å². The minimum atomic E-state index is 0.669. The fourth-order valence-electron chi connectivity index (χ4n) is 1.50. The van der Waals surface area contributed by atoms with E-state index in [1.165, 1.54) is 0 Å². The molecule has 0 saturated carbocycles. The lowest BCUT2D eigenvalue weighted by atomic mass is 10.3. The lowest BCUT2D eigenvalue weighted by Crippen LogP contribution is -2.17. The molecule has 1 aromatic carbocycles. The van der Waals surface area contributed by atoms with Crippen molar-refractivity contribution in [1.82, 2.24) is 25.5 Å². The summed E-state index contributed by atoms with van der Waals surface area (Å²) in [5.74, 6) is 0.811. The van der Waals surface area contributed by atoms with E-state index < -0.39 is 0 Å². The van der Waals surface area contributed by atoms with Gasteiger partial charge in [0, 0.05) is 4.47 Å². The number of nitrogens with zero attached hydrogens (tertiary/aromatic N) is 4. The van der Waals surface area contributed by atoms with Gasteiger partial charge in [0.05, 0.1) is 12.2 Å². The van der Waals surface area contributed by atoms with Crippen LogP contribution in [0, 0.1) is 0 Å². The lowest BCUT2D eigenvalue weighted by Gasteiger charge is -2.06. The number of nitrogens with one attached hydrogen (secondary N) is 1. The van der Waals surface area contributed by atoms with Gasteiger partial charge in [0.1, 0.15) is 0 Å². The molecule has 0 aliphatic rings. The van der Waals surface area contributed by atoms with Crippen LogP contribution in [-0.4, -0.2) is 26.8 Å². The molecule has 1 heterocycles. The first kappa shape index (κ1) is 12.2. The molecule has 0 amide bonds. The Hall–Kier alpha value is -1.27. The van der Waals surface area contributed by atoms with Crippen LogP contribution in [0.15, 0.2) is 28.7 Å². The average Bonchev–Trinajstić information content (AvgIpc) is 2.78. The molecule has 2 rings (SSSR count). The number of aromatic nitrogens is 4. The first-order chi connectivity index (χ1) is 8.33. The van der Waals surface area contributed by atoms with Gasteiger partial charge in [0.15, 0.2) is 5.82 Å². The van der Waals surface area contributed by atoms with Crippen molar-refractivity contribution in [2.24, 2.45) is 0 Å². The second-order valence-corrected chi connectivity index (χ2v) is 4.49. The molecule has 6 heteroatoms. The van der Waals surface area contributed by atoms with Crippen molar-refractivity contribution in [2.75, 3.05) is 6.54 Å². The van der Waals surface area contributed by atoms with E-state index in [1.807, 2.05) is 24.3 Å². The monoisotopic (exact) mass is 295 g/mol. The van der Waals surface area contributed by atoms with Crippen molar-refractivity contribution >= 4 is 15.9 Å². The topological polar surface area (TPSA) is 55.6 Å². The normalized spacial score (nSPS) is 10.7. The van der Waals surface area contributed by atoms with Gasteiger partial charge in [-0.3, -0.25) is 0 Å². The van der Waals surface area contributed by atoms with Crippen LogP contribution in [0.5, 0.6) is 0 Å². The van der Waals surface area contributed by atoms with Gasteiger partial charge in [0.2, 0.25) is 0 Å². The van der Waals surface area contributed by atoms with Gasteiger partial charge in [-0.05, 0) is 51.5 Å². The van der Waals surface area contributed by atoms with Crippen LogP contribution in [0.4, 0.5) is 0 Å². The van der Waals surface area contributed by atoms with E-state index in [4.69, 9.17) is 0 Å². The van der Waals surface area contributed by atoms with E-state index in [0.29, 0.717) is 6.54 Å². The molecule has 17 heavy (non-hydrogen) atoms. The Morgan fingerprint density at radius 3 is 2.94 bits per heavy atom. The highest BCUT2D eigenvalue weighted by Gasteiger charge is 2.09. The summed E-state index contributed by atoms with van der Waals surface area (Å²) in [5, 5.41) is 15.0. The first-order valence-electron chi connectivity index (χ1n) is 5.55. The predicted octanol–water partition coefficient (Wildman–Crippen LogP) is 1.92. The maximum absolute atomic E-state index is 4.02. The van der Waals surface area contributed by atoms with Gasteiger partial charge in [-0.2, -0.15) is 4.68 Å². The zero-order valence-electron chi connectivity index (χ0n) is 9.60. The number of benzene rings is 1. The standard InChI is InChI=1S/C11H14BrN5/c1-2-7-13-8-11-14-15-16-17(11)10-6-4-3-5-9(10)12/h3-6,13H,2,7-8H2,1H3. The Kier molecular flexibility index (Phi) is 4.22. The molecule has 0 spiro atoms. The van der Waals surface area contributed by atoms with E-state index >= 15 is 0 Å². The molecule has 0 aliphatic heterocycles. The Bertz CT molecular complexity index is 482. The number of hydrogen-bond acceptors (Lipinski definition) is 4. The molecule has 0 bridgehead atoms. The summed E-state index contributed by atoms with van der Waals surface area (Å²) in [7, 11) is 0. The van der Waals surface area contributed by atoms with Crippen LogP contribution >= 0.6 is 15.9 Å². The van der Waals surface area contributed by atoms with Crippen LogP contribution in [0.1, 0.15) is 19.2 Å². The second kappa shape index (κ2) is 5.88. The number of para-hydroxylation sites is 1. The average molecular weight is 296 g/mol. The van der Waals surface area contributed by atoms with Crippen LogP contribution in [0.2, 0.25) is 0 Å². The van der Waals surface area contributed by atoms with Crippen molar-refractivity contribution in [2.45, 2.75) is 19.9 Å². The summed E-state index contributed by atoms with van der Waals surface area (Å²) < 4.78 is 2.72.